The van der Waals surface area contributed by atoms with E-state index in [4.69, 9.17) is 9.47 Å². The van der Waals surface area contributed by atoms with Crippen LogP contribution in [-0.2, 0) is 0 Å². The number of hydrogen-bond acceptors (Lipinski definition) is 4. The number of rotatable bonds is 3. The molecule has 32 heavy (non-hydrogen) atoms. The van der Waals surface area contributed by atoms with Crippen molar-refractivity contribution in [1.82, 2.24) is 4.90 Å². The standard InChI is InChI=1S/C27H21NO4/c1-18-16-20(12-13-23(29)19-8-4-3-5-9-19)25-21(17-18)14-15-27(32-25)28(2)26(30)22-10-6-7-11-24(22)31-27/h3-17H,1-2H3/b13-12+/t27-/m1/s1. The number of likely N-dealkylation sites (N-methyl/N-ethyl adjacent to an activating group) is 1. The van der Waals surface area contributed by atoms with Crippen molar-refractivity contribution in [1.29, 1.82) is 0 Å². The van der Waals surface area contributed by atoms with E-state index < -0.39 is 5.91 Å². The Kier molecular flexibility index (Phi) is 4.67. The van der Waals surface area contributed by atoms with E-state index >= 15 is 0 Å². The second kappa shape index (κ2) is 7.54. The Morgan fingerprint density at radius 2 is 1.75 bits per heavy atom. The fourth-order valence-electron chi connectivity index (χ4n) is 3.95. The summed E-state index contributed by atoms with van der Waals surface area (Å²) < 4.78 is 12.5. The Labute approximate surface area is 186 Å². The van der Waals surface area contributed by atoms with Crippen LogP contribution in [-0.4, -0.2) is 29.5 Å². The third kappa shape index (κ3) is 3.28. The van der Waals surface area contributed by atoms with Crippen LogP contribution in [0.3, 0.4) is 0 Å². The lowest BCUT2D eigenvalue weighted by Gasteiger charge is -2.44. The summed E-state index contributed by atoms with van der Waals surface area (Å²) in [4.78, 5) is 27.0. The summed E-state index contributed by atoms with van der Waals surface area (Å²) in [5.41, 5.74) is 3.71. The van der Waals surface area contributed by atoms with Gasteiger partial charge in [0, 0.05) is 29.8 Å². The zero-order valence-electron chi connectivity index (χ0n) is 17.7. The van der Waals surface area contributed by atoms with Crippen LogP contribution in [0.4, 0.5) is 0 Å². The first-order chi connectivity index (χ1) is 15.5. The first kappa shape index (κ1) is 19.8. The maximum atomic E-state index is 13.0. The van der Waals surface area contributed by atoms with E-state index in [-0.39, 0.29) is 11.7 Å². The molecule has 0 N–H and O–H groups in total. The molecule has 0 bridgehead atoms. The normalized spacial score (nSPS) is 18.8. The first-order valence-corrected chi connectivity index (χ1v) is 10.3. The summed E-state index contributed by atoms with van der Waals surface area (Å²) in [7, 11) is 1.65. The molecule has 1 spiro atoms. The fourth-order valence-corrected chi connectivity index (χ4v) is 3.95. The molecule has 0 radical (unpaired) electrons. The molecule has 1 atom stereocenters. The number of ether oxygens (including phenoxy) is 2. The molecule has 0 aliphatic carbocycles. The number of benzene rings is 3. The quantitative estimate of drug-likeness (QED) is 0.434. The molecular weight excluding hydrogens is 402 g/mol. The summed E-state index contributed by atoms with van der Waals surface area (Å²) in [6.07, 6.45) is 6.91. The molecule has 0 unspecified atom stereocenters. The number of aryl methyl sites for hydroxylation is 1. The predicted octanol–water partition coefficient (Wildman–Crippen LogP) is 5.12. The zero-order chi connectivity index (χ0) is 22.3. The lowest BCUT2D eigenvalue weighted by atomic mass is 10.00. The number of para-hydroxylation sites is 1. The van der Waals surface area contributed by atoms with Gasteiger partial charge in [-0.25, -0.2) is 0 Å². The minimum absolute atomic E-state index is 0.0999. The van der Waals surface area contributed by atoms with Gasteiger partial charge in [0.1, 0.15) is 11.5 Å². The fraction of sp³-hybridized carbons (Fsp3) is 0.111. The van der Waals surface area contributed by atoms with Gasteiger partial charge in [0.05, 0.1) is 5.56 Å². The Bertz CT molecular complexity index is 1290. The number of allylic oxidation sites excluding steroid dienone is 1. The van der Waals surface area contributed by atoms with Crippen LogP contribution in [0, 0.1) is 6.92 Å². The van der Waals surface area contributed by atoms with Crippen LogP contribution in [0.2, 0.25) is 0 Å². The van der Waals surface area contributed by atoms with Crippen LogP contribution in [0.5, 0.6) is 11.5 Å². The van der Waals surface area contributed by atoms with Crippen molar-refractivity contribution in [3.05, 3.63) is 107 Å². The highest BCUT2D eigenvalue weighted by Gasteiger charge is 2.47. The van der Waals surface area contributed by atoms with Gasteiger partial charge in [-0.1, -0.05) is 42.5 Å². The molecule has 3 aromatic rings. The van der Waals surface area contributed by atoms with Crippen molar-refractivity contribution in [3.63, 3.8) is 0 Å². The van der Waals surface area contributed by atoms with E-state index in [0.717, 1.165) is 16.7 Å². The lowest BCUT2D eigenvalue weighted by molar-refractivity contribution is -0.166. The third-order valence-electron chi connectivity index (χ3n) is 5.63. The highest BCUT2D eigenvalue weighted by molar-refractivity contribution is 6.07. The molecule has 0 fully saturated rings. The maximum Gasteiger partial charge on any atom is 0.362 e. The number of nitrogens with zero attached hydrogens (tertiary/aromatic N) is 1. The molecule has 2 heterocycles. The SMILES string of the molecule is Cc1cc2c(c(/C=C/C(=O)c3ccccc3)c1)O[C@@]1(C=C2)Oc2ccccc2C(=O)N1C. The Hall–Kier alpha value is -4.12. The van der Waals surface area contributed by atoms with Gasteiger partial charge in [0.25, 0.3) is 5.91 Å². The predicted molar refractivity (Wildman–Crippen MR) is 123 cm³/mol. The number of amides is 1. The second-order valence-corrected chi connectivity index (χ2v) is 7.86. The van der Waals surface area contributed by atoms with E-state index in [2.05, 4.69) is 0 Å². The molecule has 2 aliphatic rings. The maximum absolute atomic E-state index is 13.0. The molecule has 5 rings (SSSR count). The summed E-state index contributed by atoms with van der Waals surface area (Å²) in [6.45, 7) is 1.98. The van der Waals surface area contributed by atoms with Gasteiger partial charge in [-0.05, 0) is 55.0 Å². The van der Waals surface area contributed by atoms with Crippen molar-refractivity contribution in [2.45, 2.75) is 12.8 Å². The molecule has 2 aliphatic heterocycles. The van der Waals surface area contributed by atoms with Crippen molar-refractivity contribution in [2.75, 3.05) is 7.05 Å². The van der Waals surface area contributed by atoms with Gasteiger partial charge >= 0.3 is 5.91 Å². The van der Waals surface area contributed by atoms with Crippen LogP contribution in [0.15, 0.2) is 78.9 Å². The average molecular weight is 423 g/mol. The molecule has 5 heteroatoms. The lowest BCUT2D eigenvalue weighted by Crippen LogP contribution is -2.60. The Morgan fingerprint density at radius 1 is 1.00 bits per heavy atom. The van der Waals surface area contributed by atoms with Crippen LogP contribution >= 0.6 is 0 Å². The highest BCUT2D eigenvalue weighted by atomic mass is 16.7. The van der Waals surface area contributed by atoms with Crippen molar-refractivity contribution < 1.29 is 19.1 Å². The number of carbonyl (C=O) groups is 2. The molecule has 0 saturated heterocycles. The molecule has 158 valence electrons. The molecule has 5 nitrogen and oxygen atoms in total. The van der Waals surface area contributed by atoms with E-state index in [1.54, 1.807) is 49.5 Å². The topological polar surface area (TPSA) is 55.8 Å². The summed E-state index contributed by atoms with van der Waals surface area (Å²) in [6, 6.07) is 20.1. The molecule has 3 aromatic carbocycles. The third-order valence-corrected chi connectivity index (χ3v) is 5.63. The van der Waals surface area contributed by atoms with Crippen molar-refractivity contribution in [2.24, 2.45) is 0 Å². The van der Waals surface area contributed by atoms with E-state index in [9.17, 15) is 9.59 Å². The van der Waals surface area contributed by atoms with Crippen molar-refractivity contribution >= 4 is 23.8 Å². The average Bonchev–Trinajstić information content (AvgIpc) is 2.82. The summed E-state index contributed by atoms with van der Waals surface area (Å²) in [5.74, 6) is -0.679. The molecule has 0 saturated carbocycles. The monoisotopic (exact) mass is 423 g/mol. The van der Waals surface area contributed by atoms with Crippen LogP contribution < -0.4 is 9.47 Å². The minimum atomic E-state index is -1.40. The molecule has 0 aromatic heterocycles. The Balaban J connectivity index is 1.53. The summed E-state index contributed by atoms with van der Waals surface area (Å²) >= 11 is 0. The highest BCUT2D eigenvalue weighted by Crippen LogP contribution is 2.41. The summed E-state index contributed by atoms with van der Waals surface area (Å²) in [5, 5.41) is 0. The Morgan fingerprint density at radius 3 is 2.56 bits per heavy atom. The number of fused-ring (bicyclic) bond motifs is 2. The van der Waals surface area contributed by atoms with Gasteiger partial charge in [0.2, 0.25) is 0 Å². The zero-order valence-corrected chi connectivity index (χ0v) is 17.7. The van der Waals surface area contributed by atoms with E-state index in [1.807, 2.05) is 49.4 Å². The van der Waals surface area contributed by atoms with Gasteiger partial charge in [-0.3, -0.25) is 14.5 Å². The van der Waals surface area contributed by atoms with E-state index in [1.165, 1.54) is 11.0 Å². The first-order valence-electron chi connectivity index (χ1n) is 10.3. The van der Waals surface area contributed by atoms with Gasteiger partial charge in [-0.15, -0.1) is 0 Å². The second-order valence-electron chi connectivity index (χ2n) is 7.86. The number of hydrogen-bond donors (Lipinski definition) is 0. The van der Waals surface area contributed by atoms with Gasteiger partial charge in [-0.2, -0.15) is 0 Å². The van der Waals surface area contributed by atoms with E-state index in [0.29, 0.717) is 22.6 Å². The minimum Gasteiger partial charge on any atom is -0.431 e. The molecular formula is C27H21NO4. The number of carbonyl (C=O) groups excluding carboxylic acids is 2. The molecule has 1 amide bonds. The van der Waals surface area contributed by atoms with Gasteiger partial charge < -0.3 is 9.47 Å². The van der Waals surface area contributed by atoms with Crippen molar-refractivity contribution in [3.8, 4) is 11.5 Å². The largest absolute Gasteiger partial charge is 0.431 e. The van der Waals surface area contributed by atoms with Crippen LogP contribution in [0.1, 0.15) is 37.4 Å². The van der Waals surface area contributed by atoms with Gasteiger partial charge in [0.15, 0.2) is 5.78 Å². The van der Waals surface area contributed by atoms with Crippen LogP contribution in [0.25, 0.3) is 12.2 Å². The number of ketones is 1. The smallest absolute Gasteiger partial charge is 0.362 e.